The Morgan fingerprint density at radius 2 is 1.57 bits per heavy atom. The van der Waals surface area contributed by atoms with Crippen LogP contribution in [0.3, 0.4) is 0 Å². The molecule has 1 unspecified atom stereocenters. The molecule has 1 aliphatic carbocycles. The number of para-hydroxylation sites is 1. The molecule has 0 radical (unpaired) electrons. The predicted molar refractivity (Wildman–Crippen MR) is 213 cm³/mol. The zero-order valence-electron chi connectivity index (χ0n) is 32.4. The average molecular weight is 679 g/mol. The van der Waals surface area contributed by atoms with E-state index in [9.17, 15) is 0 Å². The van der Waals surface area contributed by atoms with Gasteiger partial charge in [-0.1, -0.05) is 85.2 Å². The lowest BCUT2D eigenvalue weighted by molar-refractivity contribution is 0.317. The van der Waals surface area contributed by atoms with E-state index in [-0.39, 0.29) is 5.41 Å². The first kappa shape index (κ1) is 34.8. The average Bonchev–Trinajstić information content (AvgIpc) is 3.56. The zero-order chi connectivity index (χ0) is 36.4. The summed E-state index contributed by atoms with van der Waals surface area (Å²) < 4.78 is 11.2. The van der Waals surface area contributed by atoms with Gasteiger partial charge in [-0.25, -0.2) is 9.67 Å². The highest BCUT2D eigenvalue weighted by atomic mass is 16.5. The number of aryl methyl sites for hydroxylation is 1. The number of nitrogens with zero attached hydrogens (tertiary/aromatic N) is 4. The molecular weight excluding hydrogens is 625 g/mol. The monoisotopic (exact) mass is 678 g/mol. The summed E-state index contributed by atoms with van der Waals surface area (Å²) in [5, 5.41) is 7.56. The van der Waals surface area contributed by atoms with Crippen molar-refractivity contribution in [3.05, 3.63) is 119 Å². The Morgan fingerprint density at radius 3 is 2.27 bits per heavy atom. The van der Waals surface area contributed by atoms with Crippen LogP contribution >= 0.6 is 0 Å². The zero-order valence-corrected chi connectivity index (χ0v) is 32.4. The highest BCUT2D eigenvalue weighted by Crippen LogP contribution is 2.45. The Kier molecular flexibility index (Phi) is 8.98. The number of pyridine rings is 1. The number of benzene rings is 3. The second-order valence-corrected chi connectivity index (χ2v) is 16.7. The minimum atomic E-state index is 0.0110. The van der Waals surface area contributed by atoms with Crippen LogP contribution in [-0.4, -0.2) is 19.3 Å². The standard InChI is InChI=1S/C46H54N4O/c1-27(2)33-20-29(5)44(30(6)21-33)45-31(7)48-50(32(45)8)36-22-34(28(3)4)23-38(25-36)51-37-16-17-40-39-14-12-13-15-41(39)49(42(40)26-37)43-24-35(18-19-47-43)46(9,10)11/h12-20,22-28,30,33,44H,21H2,1-11H3/t30-,33-,44?/m0/s1. The smallest absolute Gasteiger partial charge is 0.137 e. The van der Waals surface area contributed by atoms with Gasteiger partial charge in [0.15, 0.2) is 0 Å². The van der Waals surface area contributed by atoms with Gasteiger partial charge in [0.05, 0.1) is 22.4 Å². The molecule has 7 rings (SSSR count). The lowest BCUT2D eigenvalue weighted by Gasteiger charge is -2.35. The van der Waals surface area contributed by atoms with Crippen LogP contribution in [0, 0.1) is 31.6 Å². The van der Waals surface area contributed by atoms with E-state index in [1.807, 2.05) is 6.20 Å². The fraction of sp³-hybridized carbons (Fsp3) is 0.391. The summed E-state index contributed by atoms with van der Waals surface area (Å²) in [6.07, 6.45) is 5.67. The fourth-order valence-corrected chi connectivity index (χ4v) is 8.38. The molecule has 0 bridgehead atoms. The van der Waals surface area contributed by atoms with Gasteiger partial charge in [-0.05, 0) is 110 Å². The summed E-state index contributed by atoms with van der Waals surface area (Å²) >= 11 is 0. The molecule has 0 N–H and O–H groups in total. The lowest BCUT2D eigenvalue weighted by atomic mass is 9.69. The lowest BCUT2D eigenvalue weighted by Crippen LogP contribution is -2.24. The van der Waals surface area contributed by atoms with Crippen LogP contribution in [0.4, 0.5) is 0 Å². The van der Waals surface area contributed by atoms with Gasteiger partial charge in [0.25, 0.3) is 0 Å². The number of allylic oxidation sites excluding steroid dienone is 2. The maximum atomic E-state index is 6.78. The minimum Gasteiger partial charge on any atom is -0.457 e. The summed E-state index contributed by atoms with van der Waals surface area (Å²) in [4.78, 5) is 4.87. The van der Waals surface area contributed by atoms with Gasteiger partial charge in [0.1, 0.15) is 17.3 Å². The first-order chi connectivity index (χ1) is 24.2. The molecule has 5 nitrogen and oxygen atoms in total. The molecule has 3 atom stereocenters. The second kappa shape index (κ2) is 13.2. The minimum absolute atomic E-state index is 0.0110. The SMILES string of the molecule is CC1=C[C@H](C(C)C)C[C@H](C)C1c1c(C)nn(-c2cc(Oc3ccc4c5ccccc5n(-c5cc(C(C)(C)C)ccn5)c4c3)cc(C(C)C)c2)c1C. The molecule has 3 aromatic carbocycles. The van der Waals surface area contributed by atoms with E-state index in [1.54, 1.807) is 0 Å². The first-order valence-electron chi connectivity index (χ1n) is 18.8. The van der Waals surface area contributed by atoms with Crippen molar-refractivity contribution in [2.45, 2.75) is 99.8 Å². The van der Waals surface area contributed by atoms with Gasteiger partial charge < -0.3 is 4.74 Å². The van der Waals surface area contributed by atoms with Crippen molar-refractivity contribution in [3.63, 3.8) is 0 Å². The number of fused-ring (bicyclic) bond motifs is 3. The van der Waals surface area contributed by atoms with Crippen LogP contribution in [0.5, 0.6) is 11.5 Å². The molecule has 3 aromatic heterocycles. The van der Waals surface area contributed by atoms with Gasteiger partial charge >= 0.3 is 0 Å². The van der Waals surface area contributed by atoms with Crippen LogP contribution in [0.1, 0.15) is 109 Å². The largest absolute Gasteiger partial charge is 0.457 e. The Labute approximate surface area is 304 Å². The Morgan fingerprint density at radius 1 is 0.824 bits per heavy atom. The fourth-order valence-electron chi connectivity index (χ4n) is 8.38. The van der Waals surface area contributed by atoms with E-state index < -0.39 is 0 Å². The molecule has 0 saturated carbocycles. The normalized spacial score (nSPS) is 18.3. The molecule has 0 amide bonds. The second-order valence-electron chi connectivity index (χ2n) is 16.7. The third-order valence-corrected chi connectivity index (χ3v) is 11.2. The molecule has 5 heteroatoms. The highest BCUT2D eigenvalue weighted by molar-refractivity contribution is 6.09. The molecule has 51 heavy (non-hydrogen) atoms. The molecular formula is C46H54N4O. The molecule has 0 spiro atoms. The Balaban J connectivity index is 1.30. The van der Waals surface area contributed by atoms with Crippen molar-refractivity contribution < 1.29 is 4.74 Å². The third kappa shape index (κ3) is 6.41. The van der Waals surface area contributed by atoms with Crippen molar-refractivity contribution in [1.29, 1.82) is 0 Å². The number of hydrogen-bond acceptors (Lipinski definition) is 3. The van der Waals surface area contributed by atoms with E-state index in [2.05, 4.69) is 164 Å². The maximum absolute atomic E-state index is 6.78. The van der Waals surface area contributed by atoms with E-state index in [4.69, 9.17) is 14.8 Å². The number of aromatic nitrogens is 4. The summed E-state index contributed by atoms with van der Waals surface area (Å²) in [6.45, 7) is 25.1. The number of ether oxygens (including phenoxy) is 1. The van der Waals surface area contributed by atoms with Crippen LogP contribution in [0.15, 0.2) is 90.6 Å². The summed E-state index contributed by atoms with van der Waals surface area (Å²) in [5.74, 6) is 5.08. The molecule has 0 saturated heterocycles. The van der Waals surface area contributed by atoms with E-state index >= 15 is 0 Å². The number of hydrogen-bond donors (Lipinski definition) is 0. The van der Waals surface area contributed by atoms with Crippen molar-refractivity contribution in [2.75, 3.05) is 0 Å². The van der Waals surface area contributed by atoms with Crippen molar-refractivity contribution in [2.24, 2.45) is 17.8 Å². The predicted octanol–water partition coefficient (Wildman–Crippen LogP) is 12.5. The molecule has 1 aliphatic rings. The first-order valence-corrected chi connectivity index (χ1v) is 18.8. The van der Waals surface area contributed by atoms with Crippen molar-refractivity contribution in [3.8, 4) is 23.0 Å². The van der Waals surface area contributed by atoms with E-state index in [0.717, 1.165) is 39.7 Å². The third-order valence-electron chi connectivity index (χ3n) is 11.2. The van der Waals surface area contributed by atoms with Crippen LogP contribution in [-0.2, 0) is 5.41 Å². The topological polar surface area (TPSA) is 44.9 Å². The van der Waals surface area contributed by atoms with Gasteiger partial charge in [-0.15, -0.1) is 0 Å². The van der Waals surface area contributed by atoms with Crippen LogP contribution < -0.4 is 4.74 Å². The van der Waals surface area contributed by atoms with Crippen LogP contribution in [0.2, 0.25) is 0 Å². The number of rotatable bonds is 7. The quantitative estimate of drug-likeness (QED) is 0.158. The van der Waals surface area contributed by atoms with Crippen molar-refractivity contribution in [1.82, 2.24) is 19.3 Å². The van der Waals surface area contributed by atoms with Crippen LogP contribution in [0.25, 0.3) is 33.3 Å². The Hall–Kier alpha value is -4.64. The molecule has 264 valence electrons. The molecule has 0 fully saturated rings. The summed E-state index contributed by atoms with van der Waals surface area (Å²) in [6, 6.07) is 25.9. The molecule has 6 aromatic rings. The summed E-state index contributed by atoms with van der Waals surface area (Å²) in [5.41, 5.74) is 10.9. The van der Waals surface area contributed by atoms with E-state index in [1.165, 1.54) is 45.2 Å². The molecule has 3 heterocycles. The van der Waals surface area contributed by atoms with E-state index in [0.29, 0.717) is 29.6 Å². The maximum Gasteiger partial charge on any atom is 0.137 e. The van der Waals surface area contributed by atoms with Crippen molar-refractivity contribution >= 4 is 21.8 Å². The molecule has 0 aliphatic heterocycles. The van der Waals surface area contributed by atoms with Gasteiger partial charge in [0.2, 0.25) is 0 Å². The highest BCUT2D eigenvalue weighted by Gasteiger charge is 2.33. The van der Waals surface area contributed by atoms with Gasteiger partial charge in [-0.3, -0.25) is 4.57 Å². The van der Waals surface area contributed by atoms with Gasteiger partial charge in [0, 0.05) is 46.3 Å². The summed E-state index contributed by atoms with van der Waals surface area (Å²) in [7, 11) is 0. The Bertz CT molecular complexity index is 2270. The van der Waals surface area contributed by atoms with Gasteiger partial charge in [-0.2, -0.15) is 5.10 Å².